The lowest BCUT2D eigenvalue weighted by Crippen LogP contribution is -2.22. The molecule has 0 saturated heterocycles. The van der Waals surface area contributed by atoms with E-state index in [0.29, 0.717) is 0 Å². The molecule has 0 fully saturated rings. The van der Waals surface area contributed by atoms with Gasteiger partial charge in [-0.25, -0.2) is 0 Å². The van der Waals surface area contributed by atoms with Gasteiger partial charge in [-0.3, -0.25) is 4.90 Å². The van der Waals surface area contributed by atoms with Crippen molar-refractivity contribution >= 4 is 33.0 Å². The highest BCUT2D eigenvalue weighted by Gasteiger charge is 2.08. The van der Waals surface area contributed by atoms with Crippen molar-refractivity contribution in [2.75, 3.05) is 12.3 Å². The van der Waals surface area contributed by atoms with Crippen molar-refractivity contribution < 1.29 is 0 Å². The molecule has 0 atom stereocenters. The summed E-state index contributed by atoms with van der Waals surface area (Å²) in [6, 6.07) is 10.3. The van der Waals surface area contributed by atoms with E-state index in [0.717, 1.165) is 29.8 Å². The van der Waals surface area contributed by atoms with Crippen LogP contribution in [0, 0.1) is 0 Å². The first-order valence-electron chi connectivity index (χ1n) is 5.97. The third-order valence-corrected chi connectivity index (χ3v) is 4.51. The average molecular weight is 325 g/mol. The zero-order chi connectivity index (χ0) is 13.0. The molecule has 0 radical (unpaired) electrons. The fourth-order valence-corrected chi connectivity index (χ4v) is 2.98. The van der Waals surface area contributed by atoms with Crippen LogP contribution in [0.25, 0.3) is 0 Å². The van der Waals surface area contributed by atoms with Crippen LogP contribution in [0.5, 0.6) is 0 Å². The second-order valence-electron chi connectivity index (χ2n) is 4.23. The van der Waals surface area contributed by atoms with Crippen LogP contribution in [-0.4, -0.2) is 11.4 Å². The van der Waals surface area contributed by atoms with Crippen LogP contribution < -0.4 is 5.73 Å². The Kier molecular flexibility index (Phi) is 4.80. The highest BCUT2D eigenvalue weighted by atomic mass is 79.9. The monoisotopic (exact) mass is 324 g/mol. The number of benzene rings is 1. The summed E-state index contributed by atoms with van der Waals surface area (Å²) < 4.78 is 1.13. The number of hydrogen-bond acceptors (Lipinski definition) is 3. The van der Waals surface area contributed by atoms with Crippen LogP contribution in [0.1, 0.15) is 17.4 Å². The molecule has 2 nitrogen and oxygen atoms in total. The number of nitrogen functional groups attached to an aromatic ring is 1. The Labute approximate surface area is 121 Å². The first-order valence-corrected chi connectivity index (χ1v) is 7.65. The molecule has 0 aliphatic rings. The van der Waals surface area contributed by atoms with Crippen molar-refractivity contribution in [2.24, 2.45) is 0 Å². The van der Waals surface area contributed by atoms with E-state index in [1.54, 1.807) is 11.3 Å². The van der Waals surface area contributed by atoms with E-state index in [9.17, 15) is 0 Å². The Hall–Kier alpha value is -0.840. The van der Waals surface area contributed by atoms with E-state index in [1.165, 1.54) is 10.4 Å². The maximum Gasteiger partial charge on any atom is 0.0331 e. The normalized spacial score (nSPS) is 11.1. The Morgan fingerprint density at radius 1 is 1.28 bits per heavy atom. The Bertz CT molecular complexity index is 497. The predicted octanol–water partition coefficient (Wildman–Crippen LogP) is 4.11. The minimum atomic E-state index is 0.820. The van der Waals surface area contributed by atoms with Crippen molar-refractivity contribution in [3.8, 4) is 0 Å². The van der Waals surface area contributed by atoms with Crippen LogP contribution in [0.15, 0.2) is 40.2 Å². The summed E-state index contributed by atoms with van der Waals surface area (Å²) in [5, 5.41) is 2.12. The van der Waals surface area contributed by atoms with Crippen molar-refractivity contribution in [1.82, 2.24) is 4.90 Å². The Morgan fingerprint density at radius 2 is 2.11 bits per heavy atom. The summed E-state index contributed by atoms with van der Waals surface area (Å²) in [6.07, 6.45) is 0. The predicted molar refractivity (Wildman–Crippen MR) is 82.7 cm³/mol. The van der Waals surface area contributed by atoms with Crippen molar-refractivity contribution in [1.29, 1.82) is 0 Å². The second kappa shape index (κ2) is 6.36. The van der Waals surface area contributed by atoms with Gasteiger partial charge in [-0.2, -0.15) is 0 Å². The van der Waals surface area contributed by atoms with Gasteiger partial charge in [0.25, 0.3) is 0 Å². The van der Waals surface area contributed by atoms with Gasteiger partial charge in [0.15, 0.2) is 0 Å². The maximum absolute atomic E-state index is 5.84. The lowest BCUT2D eigenvalue weighted by molar-refractivity contribution is 0.273. The molecule has 1 aromatic heterocycles. The van der Waals surface area contributed by atoms with Crippen LogP contribution >= 0.6 is 27.3 Å². The summed E-state index contributed by atoms with van der Waals surface area (Å²) >= 11 is 5.39. The van der Waals surface area contributed by atoms with Gasteiger partial charge in [0.2, 0.25) is 0 Å². The molecule has 1 heterocycles. The van der Waals surface area contributed by atoms with Crippen LogP contribution in [0.4, 0.5) is 5.69 Å². The first-order chi connectivity index (χ1) is 8.69. The smallest absolute Gasteiger partial charge is 0.0331 e. The summed E-state index contributed by atoms with van der Waals surface area (Å²) in [7, 11) is 0. The molecule has 0 saturated carbocycles. The molecule has 0 amide bonds. The number of nitrogens with zero attached hydrogens (tertiary/aromatic N) is 1. The number of thiophene rings is 1. The molecule has 2 aromatic rings. The summed E-state index contributed by atoms with van der Waals surface area (Å²) in [4.78, 5) is 3.81. The van der Waals surface area contributed by atoms with E-state index >= 15 is 0 Å². The zero-order valence-electron chi connectivity index (χ0n) is 10.4. The lowest BCUT2D eigenvalue weighted by atomic mass is 10.2. The van der Waals surface area contributed by atoms with Crippen LogP contribution in [0.3, 0.4) is 0 Å². The van der Waals surface area contributed by atoms with Gasteiger partial charge in [-0.15, -0.1) is 11.3 Å². The Morgan fingerprint density at radius 3 is 2.78 bits per heavy atom. The molecule has 1 aromatic carbocycles. The van der Waals surface area contributed by atoms with E-state index in [1.807, 2.05) is 18.2 Å². The minimum Gasteiger partial charge on any atom is -0.399 e. The third kappa shape index (κ3) is 3.57. The van der Waals surface area contributed by atoms with Gasteiger partial charge < -0.3 is 5.73 Å². The SMILES string of the molecule is CCN(Cc1cccs1)Cc1cc(N)ccc1Br. The fourth-order valence-electron chi connectivity index (χ4n) is 1.86. The highest BCUT2D eigenvalue weighted by molar-refractivity contribution is 9.10. The first kappa shape index (κ1) is 13.6. The molecular formula is C14H17BrN2S. The molecule has 18 heavy (non-hydrogen) atoms. The number of rotatable bonds is 5. The molecule has 4 heteroatoms. The topological polar surface area (TPSA) is 29.3 Å². The third-order valence-electron chi connectivity index (χ3n) is 2.87. The number of halogens is 1. The summed E-state index contributed by atoms with van der Waals surface area (Å²) in [5.41, 5.74) is 7.91. The van der Waals surface area contributed by atoms with Gasteiger partial charge >= 0.3 is 0 Å². The van der Waals surface area contributed by atoms with Gasteiger partial charge in [-0.05, 0) is 41.8 Å². The van der Waals surface area contributed by atoms with Gasteiger partial charge in [0.05, 0.1) is 0 Å². The number of hydrogen-bond donors (Lipinski definition) is 1. The molecular weight excluding hydrogens is 308 g/mol. The van der Waals surface area contributed by atoms with Crippen molar-refractivity contribution in [3.05, 3.63) is 50.6 Å². The minimum absolute atomic E-state index is 0.820. The van der Waals surface area contributed by atoms with E-state index in [2.05, 4.69) is 45.3 Å². The maximum atomic E-state index is 5.84. The van der Waals surface area contributed by atoms with E-state index in [4.69, 9.17) is 5.73 Å². The second-order valence-corrected chi connectivity index (χ2v) is 6.12. The van der Waals surface area contributed by atoms with Crippen molar-refractivity contribution in [2.45, 2.75) is 20.0 Å². The molecule has 0 unspecified atom stereocenters. The number of anilines is 1. The molecule has 0 bridgehead atoms. The van der Waals surface area contributed by atoms with Crippen molar-refractivity contribution in [3.63, 3.8) is 0 Å². The molecule has 0 aliphatic carbocycles. The highest BCUT2D eigenvalue weighted by Crippen LogP contribution is 2.22. The lowest BCUT2D eigenvalue weighted by Gasteiger charge is -2.20. The van der Waals surface area contributed by atoms with Gasteiger partial charge in [-0.1, -0.05) is 28.9 Å². The molecule has 2 N–H and O–H groups in total. The largest absolute Gasteiger partial charge is 0.399 e. The Balaban J connectivity index is 2.07. The quantitative estimate of drug-likeness (QED) is 0.838. The summed E-state index contributed by atoms with van der Waals surface area (Å²) in [6.45, 7) is 5.13. The van der Waals surface area contributed by atoms with Gasteiger partial charge in [0.1, 0.15) is 0 Å². The average Bonchev–Trinajstić information content (AvgIpc) is 2.85. The summed E-state index contributed by atoms with van der Waals surface area (Å²) in [5.74, 6) is 0. The standard InChI is InChI=1S/C14H17BrN2S/c1-2-17(10-13-4-3-7-18-13)9-11-8-12(16)5-6-14(11)15/h3-8H,2,9-10,16H2,1H3. The number of nitrogens with two attached hydrogens (primary N) is 1. The van der Waals surface area contributed by atoms with E-state index < -0.39 is 0 Å². The van der Waals surface area contributed by atoms with E-state index in [-0.39, 0.29) is 0 Å². The zero-order valence-corrected chi connectivity index (χ0v) is 12.8. The molecule has 0 spiro atoms. The fraction of sp³-hybridized carbons (Fsp3) is 0.286. The molecule has 96 valence electrons. The van der Waals surface area contributed by atoms with Crippen LogP contribution in [0.2, 0.25) is 0 Å². The molecule has 2 rings (SSSR count). The van der Waals surface area contributed by atoms with Gasteiger partial charge in [0, 0.05) is 28.1 Å². The van der Waals surface area contributed by atoms with Crippen LogP contribution in [-0.2, 0) is 13.1 Å². The molecule has 0 aliphatic heterocycles.